The molecule has 0 aliphatic carbocycles. The predicted octanol–water partition coefficient (Wildman–Crippen LogP) is 7.13. The summed E-state index contributed by atoms with van der Waals surface area (Å²) < 4.78 is 25.6. The first kappa shape index (κ1) is 22.1. The number of carbonyl (C=O) groups excluding carboxylic acids is 1. The second kappa shape index (κ2) is 8.66. The van der Waals surface area contributed by atoms with E-state index in [9.17, 15) is 14.0 Å². The molecule has 0 spiro atoms. The van der Waals surface area contributed by atoms with Crippen LogP contribution in [0.4, 0.5) is 10.1 Å². The van der Waals surface area contributed by atoms with E-state index in [-0.39, 0.29) is 27.7 Å². The zero-order chi connectivity index (χ0) is 24.8. The Balaban J connectivity index is 1.55. The zero-order valence-corrected chi connectivity index (χ0v) is 19.4. The van der Waals surface area contributed by atoms with E-state index in [1.165, 1.54) is 35.2 Å². The number of rotatable bonds is 4. The Morgan fingerprint density at radius 2 is 1.58 bits per heavy atom. The molecule has 1 amide bonds. The average molecular weight is 498 g/mol. The third-order valence-electron chi connectivity index (χ3n) is 6.09. The quantitative estimate of drug-likeness (QED) is 0.265. The highest BCUT2D eigenvalue weighted by Gasteiger charge is 2.43. The van der Waals surface area contributed by atoms with Crippen molar-refractivity contribution in [3.8, 4) is 11.5 Å². The number of nitrogens with zero attached hydrogens (tertiary/aromatic N) is 1. The van der Waals surface area contributed by atoms with Gasteiger partial charge in [-0.3, -0.25) is 14.5 Å². The molecule has 1 atom stereocenters. The van der Waals surface area contributed by atoms with Gasteiger partial charge in [0.05, 0.1) is 17.0 Å². The number of fused-ring (bicyclic) bond motifs is 2. The van der Waals surface area contributed by atoms with Crippen LogP contribution in [0, 0.1) is 5.82 Å². The summed E-state index contributed by atoms with van der Waals surface area (Å²) >= 11 is 6.15. The van der Waals surface area contributed by atoms with Crippen LogP contribution >= 0.6 is 11.6 Å². The number of benzene rings is 4. The number of halogens is 2. The maximum absolute atomic E-state index is 13.7. The third kappa shape index (κ3) is 3.72. The number of hydrogen-bond donors (Lipinski definition) is 0. The number of hydrogen-bond acceptors (Lipinski definition) is 4. The Kier molecular flexibility index (Phi) is 5.31. The van der Waals surface area contributed by atoms with Gasteiger partial charge in [0, 0.05) is 10.7 Å². The van der Waals surface area contributed by atoms with Gasteiger partial charge in [0.1, 0.15) is 22.9 Å². The minimum absolute atomic E-state index is 0.0569. The molecule has 5 aromatic rings. The summed E-state index contributed by atoms with van der Waals surface area (Å²) in [5, 5.41) is 0.654. The monoisotopic (exact) mass is 497 g/mol. The van der Waals surface area contributed by atoms with E-state index in [0.29, 0.717) is 27.8 Å². The Hall–Kier alpha value is -4.42. The van der Waals surface area contributed by atoms with E-state index < -0.39 is 17.8 Å². The molecule has 0 N–H and O–H groups in total. The van der Waals surface area contributed by atoms with Crippen molar-refractivity contribution in [3.63, 3.8) is 0 Å². The summed E-state index contributed by atoms with van der Waals surface area (Å²) in [7, 11) is 0. The molecule has 176 valence electrons. The molecule has 5 nitrogen and oxygen atoms in total. The molecule has 2 heterocycles. The maximum Gasteiger partial charge on any atom is 0.295 e. The Morgan fingerprint density at radius 3 is 2.36 bits per heavy atom. The number of carbonyl (C=O) groups is 1. The SMILES string of the molecule is O=C1c2oc3ccc(Cl)cc3c(=O)c2C(c2cccc(Oc3ccccc3)c2)N1c1ccc(F)cc1. The summed E-state index contributed by atoms with van der Waals surface area (Å²) in [6, 6.07) is 25.8. The normalized spacial score (nSPS) is 14.8. The van der Waals surface area contributed by atoms with Gasteiger partial charge in [-0.15, -0.1) is 0 Å². The molecule has 4 aromatic carbocycles. The van der Waals surface area contributed by atoms with Crippen molar-refractivity contribution in [3.05, 3.63) is 135 Å². The molecule has 0 saturated carbocycles. The van der Waals surface area contributed by atoms with Crippen molar-refractivity contribution in [2.45, 2.75) is 6.04 Å². The Bertz CT molecular complexity index is 1680. The second-order valence-corrected chi connectivity index (χ2v) is 8.79. The van der Waals surface area contributed by atoms with Gasteiger partial charge in [-0.05, 0) is 72.3 Å². The fraction of sp³-hybridized carbons (Fsp3) is 0.0345. The molecule has 0 saturated heterocycles. The van der Waals surface area contributed by atoms with Gasteiger partial charge in [0.2, 0.25) is 5.76 Å². The van der Waals surface area contributed by atoms with Crippen molar-refractivity contribution in [1.82, 2.24) is 0 Å². The van der Waals surface area contributed by atoms with Crippen molar-refractivity contribution in [1.29, 1.82) is 0 Å². The van der Waals surface area contributed by atoms with E-state index in [4.69, 9.17) is 20.8 Å². The number of para-hydroxylation sites is 1. The lowest BCUT2D eigenvalue weighted by atomic mass is 9.98. The van der Waals surface area contributed by atoms with Crippen molar-refractivity contribution >= 4 is 34.2 Å². The minimum atomic E-state index is -0.822. The van der Waals surface area contributed by atoms with Crippen LogP contribution in [0.2, 0.25) is 5.02 Å². The Morgan fingerprint density at radius 1 is 0.833 bits per heavy atom. The van der Waals surface area contributed by atoms with Crippen LogP contribution in [0.5, 0.6) is 11.5 Å². The molecule has 1 aliphatic heterocycles. The van der Waals surface area contributed by atoms with E-state index >= 15 is 0 Å². The standard InChI is InChI=1S/C29H17ClFNO4/c30-18-9-14-24-23(16-18)27(33)25-26(17-5-4-8-22(15-17)35-21-6-2-1-3-7-21)32(29(34)28(25)36-24)20-12-10-19(31)11-13-20/h1-16,26H. The van der Waals surface area contributed by atoms with Gasteiger partial charge in [-0.2, -0.15) is 0 Å². The van der Waals surface area contributed by atoms with E-state index in [0.717, 1.165) is 0 Å². The molecule has 1 aliphatic rings. The Labute approximate surface area is 209 Å². The molecule has 1 aromatic heterocycles. The van der Waals surface area contributed by atoms with Crippen LogP contribution in [0.1, 0.15) is 27.7 Å². The van der Waals surface area contributed by atoms with Crippen LogP contribution in [0.15, 0.2) is 106 Å². The van der Waals surface area contributed by atoms with Crippen LogP contribution in [0.25, 0.3) is 11.0 Å². The molecular weight excluding hydrogens is 481 g/mol. The first-order valence-electron chi connectivity index (χ1n) is 11.2. The highest BCUT2D eigenvalue weighted by molar-refractivity contribution is 6.31. The van der Waals surface area contributed by atoms with Gasteiger partial charge in [0.25, 0.3) is 5.91 Å². The van der Waals surface area contributed by atoms with Crippen molar-refractivity contribution in [2.24, 2.45) is 0 Å². The lowest BCUT2D eigenvalue weighted by Gasteiger charge is -2.25. The first-order chi connectivity index (χ1) is 17.5. The molecular formula is C29H17ClFNO4. The highest BCUT2D eigenvalue weighted by atomic mass is 35.5. The molecule has 0 bridgehead atoms. The van der Waals surface area contributed by atoms with Crippen LogP contribution in [-0.2, 0) is 0 Å². The molecule has 0 radical (unpaired) electrons. The average Bonchev–Trinajstić information content (AvgIpc) is 3.18. The fourth-order valence-corrected chi connectivity index (χ4v) is 4.67. The van der Waals surface area contributed by atoms with Crippen LogP contribution < -0.4 is 15.1 Å². The maximum atomic E-state index is 13.7. The smallest absolute Gasteiger partial charge is 0.295 e. The molecule has 36 heavy (non-hydrogen) atoms. The summed E-state index contributed by atoms with van der Waals surface area (Å²) in [5.74, 6) is 0.190. The van der Waals surface area contributed by atoms with Gasteiger partial charge >= 0.3 is 0 Å². The van der Waals surface area contributed by atoms with Crippen LogP contribution in [0.3, 0.4) is 0 Å². The summed E-state index contributed by atoms with van der Waals surface area (Å²) in [4.78, 5) is 28.8. The van der Waals surface area contributed by atoms with E-state index in [1.807, 2.05) is 36.4 Å². The predicted molar refractivity (Wildman–Crippen MR) is 136 cm³/mol. The van der Waals surface area contributed by atoms with E-state index in [2.05, 4.69) is 0 Å². The van der Waals surface area contributed by atoms with Crippen molar-refractivity contribution in [2.75, 3.05) is 4.90 Å². The first-order valence-corrected chi connectivity index (χ1v) is 11.6. The fourth-order valence-electron chi connectivity index (χ4n) is 4.50. The lowest BCUT2D eigenvalue weighted by molar-refractivity contribution is 0.0971. The molecule has 1 unspecified atom stereocenters. The van der Waals surface area contributed by atoms with Crippen LogP contribution in [-0.4, -0.2) is 5.91 Å². The summed E-state index contributed by atoms with van der Waals surface area (Å²) in [5.41, 5.74) is 1.15. The van der Waals surface area contributed by atoms with E-state index in [1.54, 1.807) is 30.3 Å². The number of anilines is 1. The summed E-state index contributed by atoms with van der Waals surface area (Å²) in [6.07, 6.45) is 0. The molecule has 6 rings (SSSR count). The highest BCUT2D eigenvalue weighted by Crippen LogP contribution is 2.42. The molecule has 7 heteroatoms. The van der Waals surface area contributed by atoms with Gasteiger partial charge in [0.15, 0.2) is 5.43 Å². The third-order valence-corrected chi connectivity index (χ3v) is 6.32. The summed E-state index contributed by atoms with van der Waals surface area (Å²) in [6.45, 7) is 0. The minimum Gasteiger partial charge on any atom is -0.457 e. The largest absolute Gasteiger partial charge is 0.457 e. The number of ether oxygens (including phenoxy) is 1. The van der Waals surface area contributed by atoms with Gasteiger partial charge in [-0.25, -0.2) is 4.39 Å². The topological polar surface area (TPSA) is 59.8 Å². The van der Waals surface area contributed by atoms with Gasteiger partial charge < -0.3 is 9.15 Å². The lowest BCUT2D eigenvalue weighted by Crippen LogP contribution is -2.29. The van der Waals surface area contributed by atoms with Crippen molar-refractivity contribution < 1.29 is 18.3 Å². The number of amides is 1. The van der Waals surface area contributed by atoms with Gasteiger partial charge in [-0.1, -0.05) is 41.9 Å². The molecule has 0 fully saturated rings. The second-order valence-electron chi connectivity index (χ2n) is 8.36. The zero-order valence-electron chi connectivity index (χ0n) is 18.7.